The van der Waals surface area contributed by atoms with Crippen LogP contribution >= 0.6 is 11.8 Å². The molecule has 1 saturated heterocycles. The molecule has 1 aliphatic heterocycles. The zero-order valence-electron chi connectivity index (χ0n) is 10.9. The molecule has 0 radical (unpaired) electrons. The molecule has 1 aliphatic rings. The van der Waals surface area contributed by atoms with Crippen LogP contribution in [0, 0.1) is 0 Å². The van der Waals surface area contributed by atoms with Gasteiger partial charge in [0.05, 0.1) is 11.3 Å². The molecule has 0 bridgehead atoms. The summed E-state index contributed by atoms with van der Waals surface area (Å²) < 4.78 is 5.06. The molecule has 2 rings (SSSR count). The molecular weight excluding hydrogens is 252 g/mol. The van der Waals surface area contributed by atoms with Gasteiger partial charge in [-0.3, -0.25) is 4.52 Å². The van der Waals surface area contributed by atoms with Crippen LogP contribution in [0.5, 0.6) is 0 Å². The molecule has 0 aliphatic carbocycles. The minimum atomic E-state index is -0.202. The molecule has 6 nitrogen and oxygen atoms in total. The number of aromatic nitrogens is 2. The Morgan fingerprint density at radius 1 is 1.72 bits per heavy atom. The van der Waals surface area contributed by atoms with Crippen LogP contribution in [0.1, 0.15) is 27.2 Å². The lowest BCUT2D eigenvalue weighted by atomic mass is 10.1. The van der Waals surface area contributed by atoms with Gasteiger partial charge in [-0.15, -0.1) is 5.01 Å². The van der Waals surface area contributed by atoms with Crippen LogP contribution in [0.15, 0.2) is 15.7 Å². The van der Waals surface area contributed by atoms with Crippen LogP contribution in [0.4, 0.5) is 5.88 Å². The number of rotatable bonds is 3. The molecule has 0 N–H and O–H groups in total. The van der Waals surface area contributed by atoms with Gasteiger partial charge in [-0.25, -0.2) is 4.99 Å². The highest BCUT2D eigenvalue weighted by molar-refractivity contribution is 7.99. The Morgan fingerprint density at radius 3 is 3.17 bits per heavy atom. The first-order valence-electron chi connectivity index (χ1n) is 6.02. The zero-order valence-corrected chi connectivity index (χ0v) is 11.7. The number of thioether (sulfide) groups is 1. The van der Waals surface area contributed by atoms with Crippen molar-refractivity contribution in [3.8, 4) is 0 Å². The lowest BCUT2D eigenvalue weighted by Gasteiger charge is -2.34. The average Bonchev–Trinajstić information content (AvgIpc) is 2.76. The SMILES string of the molecule is CCC([O-])=Nc1c[n+](N2CCSCC2(C)C)no1. The van der Waals surface area contributed by atoms with Gasteiger partial charge in [0.25, 0.3) is 6.20 Å². The third-order valence-corrected chi connectivity index (χ3v) is 4.21. The maximum absolute atomic E-state index is 11.2. The van der Waals surface area contributed by atoms with Crippen molar-refractivity contribution in [1.82, 2.24) is 5.27 Å². The fourth-order valence-electron chi connectivity index (χ4n) is 1.82. The number of aliphatic imine (C=N–C) groups is 1. The van der Waals surface area contributed by atoms with Crippen molar-refractivity contribution in [2.24, 2.45) is 4.99 Å². The molecule has 18 heavy (non-hydrogen) atoms. The molecule has 100 valence electrons. The zero-order chi connectivity index (χ0) is 13.2. The normalized spacial score (nSPS) is 20.2. The van der Waals surface area contributed by atoms with Gasteiger partial charge in [0.1, 0.15) is 5.54 Å². The predicted octanol–water partition coefficient (Wildman–Crippen LogP) is 0.226. The molecule has 0 unspecified atom stereocenters. The van der Waals surface area contributed by atoms with Gasteiger partial charge in [0, 0.05) is 11.5 Å². The minimum Gasteiger partial charge on any atom is -0.862 e. The first-order valence-corrected chi connectivity index (χ1v) is 7.17. The second-order valence-corrected chi connectivity index (χ2v) is 5.91. The van der Waals surface area contributed by atoms with E-state index < -0.39 is 0 Å². The molecule has 7 heteroatoms. The predicted molar refractivity (Wildman–Crippen MR) is 68.6 cm³/mol. The van der Waals surface area contributed by atoms with Gasteiger partial charge < -0.3 is 5.11 Å². The van der Waals surface area contributed by atoms with Crippen molar-refractivity contribution in [2.75, 3.05) is 23.1 Å². The molecule has 0 atom stereocenters. The van der Waals surface area contributed by atoms with Gasteiger partial charge in [0.2, 0.25) is 5.27 Å². The van der Waals surface area contributed by atoms with E-state index in [1.54, 1.807) is 17.9 Å². The fraction of sp³-hybridized carbons (Fsp3) is 0.727. The van der Waals surface area contributed by atoms with Crippen molar-refractivity contribution in [1.29, 1.82) is 0 Å². The highest BCUT2D eigenvalue weighted by atomic mass is 32.2. The largest absolute Gasteiger partial charge is 0.862 e. The maximum Gasteiger partial charge on any atom is 0.324 e. The monoisotopic (exact) mass is 270 g/mol. The lowest BCUT2D eigenvalue weighted by Crippen LogP contribution is -2.70. The Bertz CT molecular complexity index is 444. The summed E-state index contributed by atoms with van der Waals surface area (Å²) in [5, 5.41) is 17.3. The fourth-order valence-corrected chi connectivity index (χ4v) is 2.92. The molecule has 0 saturated carbocycles. The molecule has 0 amide bonds. The van der Waals surface area contributed by atoms with E-state index in [-0.39, 0.29) is 17.3 Å². The van der Waals surface area contributed by atoms with Gasteiger partial charge in [-0.05, 0) is 26.2 Å². The van der Waals surface area contributed by atoms with Gasteiger partial charge >= 0.3 is 5.88 Å². The Labute approximate surface area is 111 Å². The maximum atomic E-state index is 11.2. The topological polar surface area (TPSA) is 68.6 Å². The summed E-state index contributed by atoms with van der Waals surface area (Å²) in [5.74, 6) is 2.15. The molecule has 1 aromatic heterocycles. The van der Waals surface area contributed by atoms with E-state index in [0.717, 1.165) is 18.1 Å². The number of hydrogen-bond acceptors (Lipinski definition) is 6. The van der Waals surface area contributed by atoms with E-state index in [4.69, 9.17) is 4.52 Å². The summed E-state index contributed by atoms with van der Waals surface area (Å²) >= 11 is 1.93. The lowest BCUT2D eigenvalue weighted by molar-refractivity contribution is -0.764. The molecular formula is C11H18N4O2S. The smallest absolute Gasteiger partial charge is 0.324 e. The highest BCUT2D eigenvalue weighted by Gasteiger charge is 2.38. The van der Waals surface area contributed by atoms with Gasteiger partial charge in [0.15, 0.2) is 0 Å². The van der Waals surface area contributed by atoms with E-state index in [0.29, 0.717) is 6.42 Å². The van der Waals surface area contributed by atoms with Crippen molar-refractivity contribution in [3.63, 3.8) is 0 Å². The highest BCUT2D eigenvalue weighted by Crippen LogP contribution is 2.22. The van der Waals surface area contributed by atoms with Gasteiger partial charge in [-0.1, -0.05) is 6.92 Å². The quantitative estimate of drug-likeness (QED) is 0.447. The summed E-state index contributed by atoms with van der Waals surface area (Å²) in [7, 11) is 0. The number of hydrogen-bond donors (Lipinski definition) is 0. The Morgan fingerprint density at radius 2 is 2.50 bits per heavy atom. The molecule has 1 aromatic rings. The third kappa shape index (κ3) is 2.77. The van der Waals surface area contributed by atoms with E-state index in [2.05, 4.69) is 29.1 Å². The van der Waals surface area contributed by atoms with Crippen molar-refractivity contribution >= 4 is 23.5 Å². The summed E-state index contributed by atoms with van der Waals surface area (Å²) in [4.78, 5) is 5.47. The summed E-state index contributed by atoms with van der Waals surface area (Å²) in [5.41, 5.74) is 0.0104. The van der Waals surface area contributed by atoms with Crippen LogP contribution < -0.4 is 14.9 Å². The summed E-state index contributed by atoms with van der Waals surface area (Å²) in [6.07, 6.45) is 2.03. The Kier molecular flexibility index (Phi) is 3.79. The van der Waals surface area contributed by atoms with Crippen molar-refractivity contribution in [2.45, 2.75) is 32.7 Å². The molecule has 0 spiro atoms. The Hall–Kier alpha value is -1.24. The van der Waals surface area contributed by atoms with Crippen LogP contribution in [0.25, 0.3) is 0 Å². The van der Waals surface area contributed by atoms with E-state index in [9.17, 15) is 5.11 Å². The number of nitrogens with zero attached hydrogens (tertiary/aromatic N) is 4. The Balaban J connectivity index is 2.19. The van der Waals surface area contributed by atoms with E-state index in [1.807, 2.05) is 11.8 Å². The van der Waals surface area contributed by atoms with Crippen LogP contribution in [0.3, 0.4) is 0 Å². The van der Waals surface area contributed by atoms with E-state index >= 15 is 0 Å². The first kappa shape index (κ1) is 13.2. The third-order valence-electron chi connectivity index (χ3n) is 2.83. The average molecular weight is 270 g/mol. The van der Waals surface area contributed by atoms with Crippen molar-refractivity contribution in [3.05, 3.63) is 6.20 Å². The molecule has 2 heterocycles. The van der Waals surface area contributed by atoms with E-state index in [1.165, 1.54) is 0 Å². The standard InChI is InChI=1S/C11H18N4O2S/c1-4-9(16)12-10-7-15(13-17-10)14-5-6-18-8-11(14,2)3/h7H,4-6,8H2,1-3H3. The van der Waals surface area contributed by atoms with Crippen LogP contribution in [-0.2, 0) is 0 Å². The minimum absolute atomic E-state index is 0.0104. The molecule has 1 fully saturated rings. The second kappa shape index (κ2) is 5.17. The molecule has 0 aromatic carbocycles. The van der Waals surface area contributed by atoms with Crippen molar-refractivity contribution < 1.29 is 14.4 Å². The summed E-state index contributed by atoms with van der Waals surface area (Å²) in [6.45, 7) is 6.99. The van der Waals surface area contributed by atoms with Crippen LogP contribution in [0.2, 0.25) is 0 Å². The van der Waals surface area contributed by atoms with Crippen LogP contribution in [-0.4, -0.2) is 34.8 Å². The summed E-state index contributed by atoms with van der Waals surface area (Å²) in [6, 6.07) is 0. The first-order chi connectivity index (χ1) is 8.53. The second-order valence-electron chi connectivity index (χ2n) is 4.81. The van der Waals surface area contributed by atoms with Gasteiger partial charge in [-0.2, -0.15) is 11.8 Å².